The molecule has 4 rings (SSSR count). The fraction of sp³-hybridized carbons (Fsp3) is 0.571. The maximum atomic E-state index is 11.3. The molecule has 0 aliphatic carbocycles. The molecule has 1 aromatic rings. The third kappa shape index (κ3) is 2.90. The van der Waals surface area contributed by atoms with Crippen molar-refractivity contribution < 1.29 is 36.3 Å². The van der Waals surface area contributed by atoms with Crippen LogP contribution < -0.4 is 9.88 Å². The molecule has 0 radical (unpaired) electrons. The SMILES string of the molecule is COc1ccc([C@H]2O[C@@H]3[C@H](O2)[C@@H]2OC[C@@H](O2)[C@H]3OS(N)(=O)=O)cc1. The Bertz CT molecular complexity index is 708. The predicted molar refractivity (Wildman–Crippen MR) is 78.1 cm³/mol. The van der Waals surface area contributed by atoms with Gasteiger partial charge in [0.1, 0.15) is 30.2 Å². The number of benzene rings is 1. The van der Waals surface area contributed by atoms with Crippen LogP contribution in [-0.4, -0.2) is 52.8 Å². The van der Waals surface area contributed by atoms with Gasteiger partial charge in [-0.25, -0.2) is 9.32 Å². The maximum Gasteiger partial charge on any atom is 0.333 e. The average Bonchev–Trinajstić information content (AvgIpc) is 3.17. The van der Waals surface area contributed by atoms with Gasteiger partial charge in [0.05, 0.1) is 13.7 Å². The van der Waals surface area contributed by atoms with E-state index in [1.165, 1.54) is 0 Å². The Morgan fingerprint density at radius 3 is 2.50 bits per heavy atom. The van der Waals surface area contributed by atoms with Crippen molar-refractivity contribution in [2.45, 2.75) is 37.0 Å². The molecular weight excluding hydrogens is 342 g/mol. The van der Waals surface area contributed by atoms with Crippen LogP contribution in [-0.2, 0) is 33.4 Å². The van der Waals surface area contributed by atoms with Gasteiger partial charge in [0.25, 0.3) is 0 Å². The number of hydrogen-bond donors (Lipinski definition) is 1. The summed E-state index contributed by atoms with van der Waals surface area (Å²) >= 11 is 0. The Morgan fingerprint density at radius 2 is 1.83 bits per heavy atom. The molecule has 3 fully saturated rings. The molecule has 2 bridgehead atoms. The third-order valence-electron chi connectivity index (χ3n) is 4.21. The Morgan fingerprint density at radius 1 is 1.12 bits per heavy atom. The van der Waals surface area contributed by atoms with Gasteiger partial charge in [0.15, 0.2) is 12.6 Å². The molecule has 0 unspecified atom stereocenters. The van der Waals surface area contributed by atoms with Gasteiger partial charge in [-0.3, -0.25) is 0 Å². The van der Waals surface area contributed by atoms with Crippen molar-refractivity contribution in [2.75, 3.05) is 13.7 Å². The van der Waals surface area contributed by atoms with Gasteiger partial charge in [-0.05, 0) is 12.1 Å². The van der Waals surface area contributed by atoms with E-state index < -0.39 is 47.3 Å². The van der Waals surface area contributed by atoms with Crippen molar-refractivity contribution in [1.29, 1.82) is 0 Å². The highest BCUT2D eigenvalue weighted by Crippen LogP contribution is 2.43. The Hall–Kier alpha value is -1.27. The quantitative estimate of drug-likeness (QED) is 0.787. The molecule has 24 heavy (non-hydrogen) atoms. The summed E-state index contributed by atoms with van der Waals surface area (Å²) in [5.41, 5.74) is 0.760. The lowest BCUT2D eigenvalue weighted by Gasteiger charge is -2.33. The third-order valence-corrected chi connectivity index (χ3v) is 4.70. The van der Waals surface area contributed by atoms with Crippen molar-refractivity contribution in [3.8, 4) is 5.75 Å². The van der Waals surface area contributed by atoms with Crippen molar-refractivity contribution in [3.05, 3.63) is 29.8 Å². The predicted octanol–water partition coefficient (Wildman–Crippen LogP) is -0.178. The number of hydrogen-bond acceptors (Lipinski definition) is 8. The van der Waals surface area contributed by atoms with Gasteiger partial charge >= 0.3 is 10.3 Å². The second-order valence-corrected chi connectivity index (χ2v) is 6.91. The van der Waals surface area contributed by atoms with Crippen LogP contribution in [0.4, 0.5) is 0 Å². The van der Waals surface area contributed by atoms with Gasteiger partial charge in [-0.2, -0.15) is 8.42 Å². The summed E-state index contributed by atoms with van der Waals surface area (Å²) in [5, 5.41) is 5.00. The van der Waals surface area contributed by atoms with Crippen LogP contribution in [0.3, 0.4) is 0 Å². The van der Waals surface area contributed by atoms with E-state index in [1.807, 2.05) is 0 Å². The number of rotatable bonds is 4. The van der Waals surface area contributed by atoms with Crippen LogP contribution in [0.5, 0.6) is 5.75 Å². The van der Waals surface area contributed by atoms with E-state index >= 15 is 0 Å². The van der Waals surface area contributed by atoms with Gasteiger partial charge in [0.2, 0.25) is 0 Å². The van der Waals surface area contributed by atoms with E-state index in [9.17, 15) is 8.42 Å². The number of nitrogens with two attached hydrogens (primary N) is 1. The van der Waals surface area contributed by atoms with E-state index in [4.69, 9.17) is 33.0 Å². The zero-order chi connectivity index (χ0) is 16.9. The molecule has 1 aromatic carbocycles. The maximum absolute atomic E-state index is 11.3. The molecule has 9 nitrogen and oxygen atoms in total. The van der Waals surface area contributed by atoms with E-state index in [-0.39, 0.29) is 6.61 Å². The molecule has 0 amide bonds. The minimum atomic E-state index is -4.17. The smallest absolute Gasteiger partial charge is 0.333 e. The first-order valence-corrected chi connectivity index (χ1v) is 8.85. The number of fused-ring (bicyclic) bond motifs is 4. The minimum Gasteiger partial charge on any atom is -0.497 e. The van der Waals surface area contributed by atoms with E-state index in [0.717, 1.165) is 5.56 Å². The van der Waals surface area contributed by atoms with Crippen LogP contribution in [0, 0.1) is 0 Å². The molecule has 10 heteroatoms. The molecule has 6 atom stereocenters. The second-order valence-electron chi connectivity index (χ2n) is 5.74. The normalized spacial score (nSPS) is 38.1. The highest BCUT2D eigenvalue weighted by atomic mass is 32.2. The lowest BCUT2D eigenvalue weighted by molar-refractivity contribution is -0.189. The molecule has 0 spiro atoms. The molecule has 132 valence electrons. The number of ether oxygens (including phenoxy) is 5. The zero-order valence-corrected chi connectivity index (χ0v) is 13.5. The first-order chi connectivity index (χ1) is 11.4. The molecule has 0 aromatic heterocycles. The highest BCUT2D eigenvalue weighted by Gasteiger charge is 2.58. The fourth-order valence-electron chi connectivity index (χ4n) is 3.14. The first-order valence-electron chi connectivity index (χ1n) is 7.37. The summed E-state index contributed by atoms with van der Waals surface area (Å²) in [5.74, 6) is 0.704. The molecule has 3 aliphatic rings. The van der Waals surface area contributed by atoms with Gasteiger partial charge < -0.3 is 23.7 Å². The zero-order valence-electron chi connectivity index (χ0n) is 12.7. The molecule has 2 N–H and O–H groups in total. The summed E-state index contributed by atoms with van der Waals surface area (Å²) in [6.07, 6.45) is -4.09. The van der Waals surface area contributed by atoms with E-state index in [2.05, 4.69) is 0 Å². The Balaban J connectivity index is 1.57. The molecule has 3 heterocycles. The van der Waals surface area contributed by atoms with E-state index in [1.54, 1.807) is 31.4 Å². The summed E-state index contributed by atoms with van der Waals surface area (Å²) in [6.45, 7) is 0.192. The van der Waals surface area contributed by atoms with Gasteiger partial charge in [0, 0.05) is 5.56 Å². The standard InChI is InChI=1S/C14H17NO8S/c1-18-8-4-2-7(3-5-8)13-21-11-10(23-24(15,16)17)9-6-19-14(20-9)12(11)22-13/h2-5,9-14H,6H2,1H3,(H2,15,16,17)/t9-,10-,11+,12+,13+,14-/m1/s1. The van der Waals surface area contributed by atoms with Crippen LogP contribution in [0.1, 0.15) is 11.9 Å². The van der Waals surface area contributed by atoms with Crippen molar-refractivity contribution >= 4 is 10.3 Å². The van der Waals surface area contributed by atoms with Crippen LogP contribution in [0.15, 0.2) is 24.3 Å². The lowest BCUT2D eigenvalue weighted by Crippen LogP contribution is -2.54. The van der Waals surface area contributed by atoms with Crippen LogP contribution >= 0.6 is 0 Å². The first kappa shape index (κ1) is 16.2. The minimum absolute atomic E-state index is 0.192. The summed E-state index contributed by atoms with van der Waals surface area (Å²) < 4.78 is 55.6. The average molecular weight is 359 g/mol. The van der Waals surface area contributed by atoms with Crippen molar-refractivity contribution in [2.24, 2.45) is 5.14 Å². The van der Waals surface area contributed by atoms with Gasteiger partial charge in [-0.1, -0.05) is 12.1 Å². The molecule has 0 saturated carbocycles. The topological polar surface area (TPSA) is 116 Å². The second kappa shape index (κ2) is 5.92. The van der Waals surface area contributed by atoms with Gasteiger partial charge in [-0.15, -0.1) is 0 Å². The molecular formula is C14H17NO8S. The van der Waals surface area contributed by atoms with Crippen molar-refractivity contribution in [3.63, 3.8) is 0 Å². The Labute approximate surface area is 138 Å². The highest BCUT2D eigenvalue weighted by molar-refractivity contribution is 7.84. The monoisotopic (exact) mass is 359 g/mol. The number of methoxy groups -OCH3 is 1. The largest absolute Gasteiger partial charge is 0.497 e. The molecule has 3 aliphatic heterocycles. The summed E-state index contributed by atoms with van der Waals surface area (Å²) in [7, 11) is -2.59. The summed E-state index contributed by atoms with van der Waals surface area (Å²) in [6, 6.07) is 7.16. The molecule has 3 saturated heterocycles. The van der Waals surface area contributed by atoms with Crippen LogP contribution in [0.2, 0.25) is 0 Å². The fourth-order valence-corrected chi connectivity index (χ4v) is 3.69. The van der Waals surface area contributed by atoms with Crippen molar-refractivity contribution in [1.82, 2.24) is 0 Å². The summed E-state index contributed by atoms with van der Waals surface area (Å²) in [4.78, 5) is 0. The van der Waals surface area contributed by atoms with E-state index in [0.29, 0.717) is 5.75 Å². The van der Waals surface area contributed by atoms with Crippen LogP contribution in [0.25, 0.3) is 0 Å². The lowest BCUT2D eigenvalue weighted by atomic mass is 10.0. The Kier molecular flexibility index (Phi) is 4.00.